The summed E-state index contributed by atoms with van der Waals surface area (Å²) in [5.41, 5.74) is -0.0866. The minimum Gasteiger partial charge on any atom is -0.486 e. The molecule has 1 fully saturated rings. The van der Waals surface area contributed by atoms with Crippen LogP contribution in [0.1, 0.15) is 47.9 Å². The largest absolute Gasteiger partial charge is 0.486 e. The molecule has 0 radical (unpaired) electrons. The Morgan fingerprint density at radius 3 is 2.39 bits per heavy atom. The highest BCUT2D eigenvalue weighted by atomic mass is 32.1. The third-order valence-electron chi connectivity index (χ3n) is 5.75. The average Bonchev–Trinajstić information content (AvgIpc) is 3.22. The van der Waals surface area contributed by atoms with Crippen LogP contribution in [0.5, 0.6) is 11.5 Å². The minimum atomic E-state index is -5.18. The summed E-state index contributed by atoms with van der Waals surface area (Å²) in [6.07, 6.45) is -0.695. The molecule has 10 heteroatoms. The van der Waals surface area contributed by atoms with Gasteiger partial charge in [-0.05, 0) is 44.0 Å². The van der Waals surface area contributed by atoms with Crippen LogP contribution in [0, 0.1) is 6.92 Å². The molecule has 1 aliphatic carbocycles. The van der Waals surface area contributed by atoms with Crippen molar-refractivity contribution in [3.05, 3.63) is 40.1 Å². The van der Waals surface area contributed by atoms with E-state index in [0.29, 0.717) is 22.1 Å². The van der Waals surface area contributed by atoms with E-state index in [0.717, 1.165) is 37.0 Å². The van der Waals surface area contributed by atoms with Crippen molar-refractivity contribution >= 4 is 28.8 Å². The van der Waals surface area contributed by atoms with E-state index in [1.54, 1.807) is 19.1 Å². The third-order valence-corrected chi connectivity index (χ3v) is 6.81. The van der Waals surface area contributed by atoms with E-state index < -0.39 is 24.0 Å². The predicted molar refractivity (Wildman–Crippen MR) is 118 cm³/mol. The summed E-state index contributed by atoms with van der Waals surface area (Å²) in [4.78, 5) is 27.8. The van der Waals surface area contributed by atoms with Gasteiger partial charge in [0.2, 0.25) is 5.91 Å². The summed E-state index contributed by atoms with van der Waals surface area (Å²) < 4.78 is 52.2. The zero-order valence-electron chi connectivity index (χ0n) is 18.1. The van der Waals surface area contributed by atoms with Crippen molar-refractivity contribution in [1.29, 1.82) is 0 Å². The van der Waals surface area contributed by atoms with Crippen molar-refractivity contribution in [2.45, 2.75) is 57.3 Å². The van der Waals surface area contributed by atoms with Gasteiger partial charge in [-0.25, -0.2) is 0 Å². The van der Waals surface area contributed by atoms with Crippen molar-refractivity contribution in [3.63, 3.8) is 0 Å². The van der Waals surface area contributed by atoms with Crippen LogP contribution in [0.2, 0.25) is 0 Å². The van der Waals surface area contributed by atoms with Gasteiger partial charge in [-0.3, -0.25) is 14.5 Å². The summed E-state index contributed by atoms with van der Waals surface area (Å²) in [6.45, 7) is 2.35. The Morgan fingerprint density at radius 1 is 1.06 bits per heavy atom. The second-order valence-corrected chi connectivity index (χ2v) is 9.51. The quantitative estimate of drug-likeness (QED) is 0.658. The fraction of sp³-hybridized carbons (Fsp3) is 0.478. The highest BCUT2D eigenvalue weighted by Gasteiger charge is 2.48. The first-order chi connectivity index (χ1) is 15.7. The molecule has 1 atom stereocenters. The highest BCUT2D eigenvalue weighted by molar-refractivity contribution is 7.12. The lowest BCUT2D eigenvalue weighted by Crippen LogP contribution is -2.50. The molecule has 2 aliphatic rings. The van der Waals surface area contributed by atoms with Gasteiger partial charge < -0.3 is 14.8 Å². The molecule has 0 spiro atoms. The molecule has 1 aliphatic heterocycles. The van der Waals surface area contributed by atoms with Crippen molar-refractivity contribution in [1.82, 2.24) is 5.32 Å². The van der Waals surface area contributed by atoms with E-state index in [1.807, 2.05) is 0 Å². The van der Waals surface area contributed by atoms with E-state index in [2.05, 4.69) is 5.32 Å². The van der Waals surface area contributed by atoms with E-state index in [1.165, 1.54) is 29.5 Å². The zero-order valence-corrected chi connectivity index (χ0v) is 18.9. The summed E-state index contributed by atoms with van der Waals surface area (Å²) in [5, 5.41) is 2.90. The van der Waals surface area contributed by atoms with Crippen molar-refractivity contribution in [2.75, 3.05) is 18.1 Å². The topological polar surface area (TPSA) is 67.9 Å². The molecule has 4 rings (SSSR count). The fourth-order valence-corrected chi connectivity index (χ4v) is 5.17. The maximum Gasteiger partial charge on any atom is 0.471 e. The predicted octanol–water partition coefficient (Wildman–Crippen LogP) is 4.91. The number of hydrogen-bond donors (Lipinski definition) is 1. The maximum absolute atomic E-state index is 13.8. The Bertz CT molecular complexity index is 1020. The Labute approximate surface area is 193 Å². The van der Waals surface area contributed by atoms with Crippen LogP contribution in [0.25, 0.3) is 0 Å². The van der Waals surface area contributed by atoms with Crippen LogP contribution in [-0.2, 0) is 9.59 Å². The smallest absolute Gasteiger partial charge is 0.471 e. The Hall–Kier alpha value is -2.75. The number of fused-ring (bicyclic) bond motifs is 1. The molecule has 0 saturated heterocycles. The Morgan fingerprint density at radius 2 is 1.76 bits per heavy atom. The average molecular weight is 483 g/mol. The van der Waals surface area contributed by atoms with Gasteiger partial charge in [-0.1, -0.05) is 19.3 Å². The van der Waals surface area contributed by atoms with Crippen molar-refractivity contribution < 1.29 is 32.2 Å². The number of thiophene rings is 1. The molecule has 0 unspecified atom stereocenters. The van der Waals surface area contributed by atoms with Crippen LogP contribution in [-0.4, -0.2) is 37.2 Å². The lowest BCUT2D eigenvalue weighted by molar-refractivity contribution is -0.171. The van der Waals surface area contributed by atoms with E-state index in [4.69, 9.17) is 9.47 Å². The van der Waals surface area contributed by atoms with Crippen molar-refractivity contribution in [3.8, 4) is 11.5 Å². The summed E-state index contributed by atoms with van der Waals surface area (Å²) in [6, 6.07) is 5.84. The first-order valence-electron chi connectivity index (χ1n) is 10.9. The zero-order chi connectivity index (χ0) is 23.6. The van der Waals surface area contributed by atoms with Gasteiger partial charge >= 0.3 is 12.1 Å². The Balaban J connectivity index is 1.77. The number of amides is 2. The SMILES string of the molecule is Cc1ccc([C@@H](C(=O)NC2CCCCC2)N(C(=O)C(F)(F)F)c2ccc3c(c2)OCCO3)s1. The number of carbonyl (C=O) groups excluding carboxylic acids is 2. The number of anilines is 1. The molecule has 2 aromatic rings. The molecule has 2 heterocycles. The summed E-state index contributed by atoms with van der Waals surface area (Å²) >= 11 is 1.19. The van der Waals surface area contributed by atoms with Gasteiger partial charge in [0.15, 0.2) is 17.5 Å². The normalized spacial score (nSPS) is 17.3. The maximum atomic E-state index is 13.8. The molecule has 2 amide bonds. The van der Waals surface area contributed by atoms with Gasteiger partial charge in [0.05, 0.1) is 0 Å². The number of nitrogens with zero attached hydrogens (tertiary/aromatic N) is 1. The summed E-state index contributed by atoms with van der Waals surface area (Å²) in [7, 11) is 0. The van der Waals surface area contributed by atoms with Gasteiger partial charge in [-0.2, -0.15) is 13.2 Å². The first kappa shape index (κ1) is 23.4. The molecule has 0 bridgehead atoms. The van der Waals surface area contributed by atoms with E-state index >= 15 is 0 Å². The van der Waals surface area contributed by atoms with Gasteiger partial charge in [0.25, 0.3) is 0 Å². The number of benzene rings is 1. The van der Waals surface area contributed by atoms with Crippen LogP contribution in [0.15, 0.2) is 30.3 Å². The van der Waals surface area contributed by atoms with Gasteiger partial charge in [0, 0.05) is 27.5 Å². The monoisotopic (exact) mass is 482 g/mol. The molecule has 178 valence electrons. The molecule has 1 aromatic carbocycles. The number of ether oxygens (including phenoxy) is 2. The van der Waals surface area contributed by atoms with E-state index in [9.17, 15) is 22.8 Å². The number of aryl methyl sites for hydroxylation is 1. The van der Waals surface area contributed by atoms with Crippen molar-refractivity contribution in [2.24, 2.45) is 0 Å². The standard InChI is InChI=1S/C23H25F3N2O4S/c1-14-7-10-19(33-14)20(21(29)27-15-5-3-2-4-6-15)28(22(30)23(24,25)26)16-8-9-17-18(13-16)32-12-11-31-17/h7-10,13,15,20H,2-6,11-12H2,1H3,(H,27,29)/t20-/m0/s1. The highest BCUT2D eigenvalue weighted by Crippen LogP contribution is 2.40. The Kier molecular flexibility index (Phi) is 6.83. The van der Waals surface area contributed by atoms with Gasteiger partial charge in [-0.15, -0.1) is 11.3 Å². The minimum absolute atomic E-state index is 0.0866. The number of hydrogen-bond acceptors (Lipinski definition) is 5. The number of alkyl halides is 3. The van der Waals surface area contributed by atoms with Crippen LogP contribution < -0.4 is 19.7 Å². The molecule has 1 N–H and O–H groups in total. The molecule has 33 heavy (non-hydrogen) atoms. The number of carbonyl (C=O) groups is 2. The molecule has 1 aromatic heterocycles. The second kappa shape index (κ2) is 9.62. The fourth-order valence-electron chi connectivity index (χ4n) is 4.20. The van der Waals surface area contributed by atoms with Crippen LogP contribution in [0.3, 0.4) is 0 Å². The number of nitrogens with one attached hydrogen (secondary N) is 1. The van der Waals surface area contributed by atoms with Gasteiger partial charge in [0.1, 0.15) is 13.2 Å². The lowest BCUT2D eigenvalue weighted by atomic mass is 9.95. The molecule has 1 saturated carbocycles. The molecular formula is C23H25F3N2O4S. The molecular weight excluding hydrogens is 457 g/mol. The van der Waals surface area contributed by atoms with Crippen LogP contribution in [0.4, 0.5) is 18.9 Å². The van der Waals surface area contributed by atoms with Crippen LogP contribution >= 0.6 is 11.3 Å². The number of halogens is 3. The number of rotatable bonds is 5. The third kappa shape index (κ3) is 5.26. The van der Waals surface area contributed by atoms with E-state index in [-0.39, 0.29) is 24.1 Å². The second-order valence-electron chi connectivity index (χ2n) is 8.20. The molecule has 6 nitrogen and oxygen atoms in total. The lowest BCUT2D eigenvalue weighted by Gasteiger charge is -2.33. The first-order valence-corrected chi connectivity index (χ1v) is 11.7. The summed E-state index contributed by atoms with van der Waals surface area (Å²) in [5.74, 6) is -2.14.